The molecular formula is C10H15NO. The summed E-state index contributed by atoms with van der Waals surface area (Å²) in [5.74, 6) is 1.56. The van der Waals surface area contributed by atoms with E-state index in [2.05, 4.69) is 11.9 Å². The number of carbonyl (C=O) groups excluding carboxylic acids is 1. The molecule has 0 aromatic heterocycles. The van der Waals surface area contributed by atoms with Crippen molar-refractivity contribution in [2.24, 2.45) is 11.8 Å². The molecule has 2 fully saturated rings. The molecule has 1 N–H and O–H groups in total. The van der Waals surface area contributed by atoms with Crippen LogP contribution in [-0.4, -0.2) is 11.9 Å². The van der Waals surface area contributed by atoms with E-state index in [0.29, 0.717) is 6.04 Å². The van der Waals surface area contributed by atoms with Crippen LogP contribution in [0.5, 0.6) is 0 Å². The zero-order valence-corrected chi connectivity index (χ0v) is 7.25. The van der Waals surface area contributed by atoms with Gasteiger partial charge < -0.3 is 5.32 Å². The monoisotopic (exact) mass is 165 g/mol. The Hall–Kier alpha value is -0.790. The third-order valence-corrected chi connectivity index (χ3v) is 2.75. The van der Waals surface area contributed by atoms with Crippen molar-refractivity contribution < 1.29 is 4.79 Å². The Morgan fingerprint density at radius 2 is 1.83 bits per heavy atom. The molecule has 2 heteroatoms. The van der Waals surface area contributed by atoms with Gasteiger partial charge in [0.1, 0.15) is 0 Å². The van der Waals surface area contributed by atoms with Gasteiger partial charge in [-0.3, -0.25) is 4.79 Å². The van der Waals surface area contributed by atoms with Gasteiger partial charge in [0, 0.05) is 6.04 Å². The van der Waals surface area contributed by atoms with Gasteiger partial charge in [-0.2, -0.15) is 0 Å². The van der Waals surface area contributed by atoms with Crippen LogP contribution in [0.4, 0.5) is 0 Å². The summed E-state index contributed by atoms with van der Waals surface area (Å²) in [6.07, 6.45) is 6.59. The van der Waals surface area contributed by atoms with Gasteiger partial charge in [-0.1, -0.05) is 6.58 Å². The predicted octanol–water partition coefficient (Wildman–Crippen LogP) is 1.48. The van der Waals surface area contributed by atoms with E-state index in [9.17, 15) is 4.79 Å². The van der Waals surface area contributed by atoms with Crippen molar-refractivity contribution in [3.63, 3.8) is 0 Å². The number of nitrogens with one attached hydrogen (secondary N) is 1. The first-order valence-electron chi connectivity index (χ1n) is 4.74. The van der Waals surface area contributed by atoms with Gasteiger partial charge in [0.15, 0.2) is 0 Å². The van der Waals surface area contributed by atoms with Crippen molar-refractivity contribution >= 4 is 5.91 Å². The molecule has 2 rings (SSSR count). The molecule has 0 aliphatic heterocycles. The molecule has 0 saturated heterocycles. The second-order valence-electron chi connectivity index (χ2n) is 3.91. The van der Waals surface area contributed by atoms with Crippen molar-refractivity contribution in [1.82, 2.24) is 5.32 Å². The largest absolute Gasteiger partial charge is 0.349 e. The van der Waals surface area contributed by atoms with E-state index in [1.165, 1.54) is 31.8 Å². The SMILES string of the molecule is C=CC(=O)NC(C1CC1)C1CC1. The molecule has 0 radical (unpaired) electrons. The molecule has 2 nitrogen and oxygen atoms in total. The Balaban J connectivity index is 1.87. The van der Waals surface area contributed by atoms with Crippen molar-refractivity contribution in [2.75, 3.05) is 0 Å². The fraction of sp³-hybridized carbons (Fsp3) is 0.700. The highest BCUT2D eigenvalue weighted by molar-refractivity contribution is 5.87. The third-order valence-electron chi connectivity index (χ3n) is 2.75. The first-order chi connectivity index (χ1) is 5.81. The normalized spacial score (nSPS) is 22.4. The second-order valence-corrected chi connectivity index (χ2v) is 3.91. The molecule has 2 aliphatic rings. The highest BCUT2D eigenvalue weighted by atomic mass is 16.1. The minimum absolute atomic E-state index is 0.00111. The first kappa shape index (κ1) is 7.84. The third kappa shape index (κ3) is 1.68. The van der Waals surface area contributed by atoms with Gasteiger partial charge in [-0.05, 0) is 43.6 Å². The second kappa shape index (κ2) is 2.92. The molecule has 66 valence electrons. The highest BCUT2D eigenvalue weighted by Gasteiger charge is 2.41. The van der Waals surface area contributed by atoms with Gasteiger partial charge in [-0.15, -0.1) is 0 Å². The Morgan fingerprint density at radius 1 is 1.33 bits per heavy atom. The molecule has 0 bridgehead atoms. The van der Waals surface area contributed by atoms with Crippen LogP contribution in [0, 0.1) is 11.8 Å². The number of carbonyl (C=O) groups is 1. The van der Waals surface area contributed by atoms with Gasteiger partial charge in [0.25, 0.3) is 0 Å². The van der Waals surface area contributed by atoms with Crippen molar-refractivity contribution in [3.8, 4) is 0 Å². The summed E-state index contributed by atoms with van der Waals surface area (Å²) in [4.78, 5) is 11.1. The summed E-state index contributed by atoms with van der Waals surface area (Å²) in [5.41, 5.74) is 0. The maximum absolute atomic E-state index is 11.1. The molecule has 0 unspecified atom stereocenters. The molecule has 0 aromatic rings. The summed E-state index contributed by atoms with van der Waals surface area (Å²) < 4.78 is 0. The zero-order valence-electron chi connectivity index (χ0n) is 7.25. The molecule has 0 aromatic carbocycles. The fourth-order valence-electron chi connectivity index (χ4n) is 1.75. The molecular weight excluding hydrogens is 150 g/mol. The van der Waals surface area contributed by atoms with E-state index >= 15 is 0 Å². The van der Waals surface area contributed by atoms with E-state index in [1.54, 1.807) is 0 Å². The number of rotatable bonds is 4. The predicted molar refractivity (Wildman–Crippen MR) is 47.6 cm³/mol. The topological polar surface area (TPSA) is 29.1 Å². The van der Waals surface area contributed by atoms with Crippen LogP contribution in [0.1, 0.15) is 25.7 Å². The van der Waals surface area contributed by atoms with E-state index in [0.717, 1.165) is 11.8 Å². The van der Waals surface area contributed by atoms with Gasteiger partial charge in [0.2, 0.25) is 5.91 Å². The Morgan fingerprint density at radius 3 is 2.17 bits per heavy atom. The van der Waals surface area contributed by atoms with E-state index in [-0.39, 0.29) is 5.91 Å². The first-order valence-corrected chi connectivity index (χ1v) is 4.74. The fourth-order valence-corrected chi connectivity index (χ4v) is 1.75. The summed E-state index contributed by atoms with van der Waals surface area (Å²) in [7, 11) is 0. The Labute approximate surface area is 73.0 Å². The quantitative estimate of drug-likeness (QED) is 0.628. The Bertz CT molecular complexity index is 192. The summed E-state index contributed by atoms with van der Waals surface area (Å²) in [6.45, 7) is 3.46. The van der Waals surface area contributed by atoms with Crippen LogP contribution in [0.3, 0.4) is 0 Å². The highest BCUT2D eigenvalue weighted by Crippen LogP contribution is 2.44. The molecule has 1 amide bonds. The summed E-state index contributed by atoms with van der Waals surface area (Å²) in [6, 6.07) is 0.468. The van der Waals surface area contributed by atoms with E-state index < -0.39 is 0 Å². The van der Waals surface area contributed by atoms with Gasteiger partial charge in [0.05, 0.1) is 0 Å². The minimum atomic E-state index is -0.00111. The maximum atomic E-state index is 11.1. The van der Waals surface area contributed by atoms with Gasteiger partial charge >= 0.3 is 0 Å². The van der Waals surface area contributed by atoms with Crippen LogP contribution < -0.4 is 5.32 Å². The van der Waals surface area contributed by atoms with Gasteiger partial charge in [-0.25, -0.2) is 0 Å². The minimum Gasteiger partial charge on any atom is -0.349 e. The molecule has 2 saturated carbocycles. The maximum Gasteiger partial charge on any atom is 0.243 e. The lowest BCUT2D eigenvalue weighted by Gasteiger charge is -2.15. The number of hydrogen-bond acceptors (Lipinski definition) is 1. The number of amides is 1. The lowest BCUT2D eigenvalue weighted by atomic mass is 10.1. The van der Waals surface area contributed by atoms with Crippen LogP contribution >= 0.6 is 0 Å². The van der Waals surface area contributed by atoms with E-state index in [4.69, 9.17) is 0 Å². The van der Waals surface area contributed by atoms with Crippen LogP contribution in [-0.2, 0) is 4.79 Å². The average Bonchev–Trinajstić information content (AvgIpc) is 2.87. The average molecular weight is 165 g/mol. The van der Waals surface area contributed by atoms with Crippen LogP contribution in [0.15, 0.2) is 12.7 Å². The smallest absolute Gasteiger partial charge is 0.243 e. The summed E-state index contributed by atoms with van der Waals surface area (Å²) in [5, 5.41) is 3.03. The molecule has 0 atom stereocenters. The molecule has 2 aliphatic carbocycles. The lowest BCUT2D eigenvalue weighted by Crippen LogP contribution is -2.36. The van der Waals surface area contributed by atoms with Crippen molar-refractivity contribution in [2.45, 2.75) is 31.7 Å². The lowest BCUT2D eigenvalue weighted by molar-refractivity contribution is -0.117. The molecule has 0 spiro atoms. The standard InChI is InChI=1S/C10H15NO/c1-2-9(12)11-10(7-3-4-7)8-5-6-8/h2,7-8,10H,1,3-6H2,(H,11,12). The van der Waals surface area contributed by atoms with Crippen molar-refractivity contribution in [3.05, 3.63) is 12.7 Å². The van der Waals surface area contributed by atoms with Crippen LogP contribution in [0.25, 0.3) is 0 Å². The molecule has 12 heavy (non-hydrogen) atoms. The zero-order chi connectivity index (χ0) is 8.55. The van der Waals surface area contributed by atoms with E-state index in [1.807, 2.05) is 0 Å². The number of hydrogen-bond donors (Lipinski definition) is 1. The summed E-state index contributed by atoms with van der Waals surface area (Å²) >= 11 is 0. The van der Waals surface area contributed by atoms with Crippen LogP contribution in [0.2, 0.25) is 0 Å². The Kier molecular flexibility index (Phi) is 1.91. The van der Waals surface area contributed by atoms with Crippen molar-refractivity contribution in [1.29, 1.82) is 0 Å². The molecule has 0 heterocycles.